The minimum absolute atomic E-state index is 0.0976. The molecule has 0 heterocycles. The smallest absolute Gasteiger partial charge is 0.302 e. The van der Waals surface area contributed by atoms with Crippen LogP contribution < -0.4 is 0 Å². The van der Waals surface area contributed by atoms with E-state index in [0.29, 0.717) is 10.8 Å². The van der Waals surface area contributed by atoms with E-state index < -0.39 is 0 Å². The maximum Gasteiger partial charge on any atom is 0.302 e. The van der Waals surface area contributed by atoms with Crippen molar-refractivity contribution in [2.45, 2.75) is 125 Å². The quantitative estimate of drug-likeness (QED) is 0.305. The zero-order valence-electron chi connectivity index (χ0n) is 22.1. The first-order chi connectivity index (χ1) is 15.1. The van der Waals surface area contributed by atoms with E-state index in [1.807, 2.05) is 11.1 Å². The highest BCUT2D eigenvalue weighted by Crippen LogP contribution is 2.66. The van der Waals surface area contributed by atoms with E-state index in [-0.39, 0.29) is 12.1 Å². The number of rotatable bonds is 6. The Bertz CT molecular complexity index is 735. The van der Waals surface area contributed by atoms with E-state index in [4.69, 9.17) is 4.74 Å². The molecule has 2 nitrogen and oxygen atoms in total. The van der Waals surface area contributed by atoms with Crippen molar-refractivity contribution in [3.63, 3.8) is 0 Å². The monoisotopic (exact) mass is 442 g/mol. The van der Waals surface area contributed by atoms with E-state index in [9.17, 15) is 4.79 Å². The molecule has 8 atom stereocenters. The Hall–Kier alpha value is -0.790. The van der Waals surface area contributed by atoms with E-state index in [2.05, 4.69) is 41.5 Å². The fourth-order valence-electron chi connectivity index (χ4n) is 8.80. The molecule has 0 aromatic carbocycles. The highest BCUT2D eigenvalue weighted by atomic mass is 16.5. The lowest BCUT2D eigenvalue weighted by molar-refractivity contribution is -0.152. The number of hydrogen-bond donors (Lipinski definition) is 0. The SMILES string of the molecule is CC(=O)OC1CCC2(C)C(CCC3=C4CCC(C(C)CCC(C)C(C)C)C4(C)CCC32)C1. The number of fused-ring (bicyclic) bond motifs is 4. The number of carbonyl (C=O) groups is 1. The average Bonchev–Trinajstić information content (AvgIpc) is 3.08. The summed E-state index contributed by atoms with van der Waals surface area (Å²) in [5.74, 6) is 4.81. The highest BCUT2D eigenvalue weighted by Gasteiger charge is 2.55. The fourth-order valence-corrected chi connectivity index (χ4v) is 8.80. The van der Waals surface area contributed by atoms with Crippen LogP contribution in [-0.4, -0.2) is 12.1 Å². The molecule has 0 aliphatic heterocycles. The van der Waals surface area contributed by atoms with Crippen LogP contribution in [0.2, 0.25) is 0 Å². The largest absolute Gasteiger partial charge is 0.463 e. The van der Waals surface area contributed by atoms with Gasteiger partial charge in [-0.25, -0.2) is 0 Å². The Labute approximate surface area is 198 Å². The summed E-state index contributed by atoms with van der Waals surface area (Å²) in [4.78, 5) is 11.5. The van der Waals surface area contributed by atoms with Gasteiger partial charge < -0.3 is 4.74 Å². The van der Waals surface area contributed by atoms with E-state index in [1.54, 1.807) is 6.92 Å². The maximum atomic E-state index is 11.5. The molecule has 0 spiro atoms. The van der Waals surface area contributed by atoms with E-state index >= 15 is 0 Å². The topological polar surface area (TPSA) is 26.3 Å². The van der Waals surface area contributed by atoms with E-state index in [0.717, 1.165) is 48.3 Å². The van der Waals surface area contributed by atoms with Gasteiger partial charge in [-0.2, -0.15) is 0 Å². The van der Waals surface area contributed by atoms with Crippen LogP contribution in [0.1, 0.15) is 119 Å². The van der Waals surface area contributed by atoms with Crippen molar-refractivity contribution in [1.29, 1.82) is 0 Å². The van der Waals surface area contributed by atoms with Crippen LogP contribution in [0.4, 0.5) is 0 Å². The Morgan fingerprint density at radius 1 is 1.00 bits per heavy atom. The molecule has 2 heteroatoms. The summed E-state index contributed by atoms with van der Waals surface area (Å²) < 4.78 is 5.65. The first-order valence-electron chi connectivity index (χ1n) is 14.0. The third-order valence-corrected chi connectivity index (χ3v) is 11.3. The molecule has 4 aliphatic carbocycles. The van der Waals surface area contributed by atoms with Gasteiger partial charge in [0.05, 0.1) is 0 Å². The summed E-state index contributed by atoms with van der Waals surface area (Å²) in [6.07, 6.45) is 14.6. The molecule has 0 aromatic rings. The normalized spacial score (nSPS) is 41.0. The van der Waals surface area contributed by atoms with Gasteiger partial charge in [0.1, 0.15) is 6.10 Å². The number of carbonyl (C=O) groups excluding carboxylic acids is 1. The van der Waals surface area contributed by atoms with Crippen molar-refractivity contribution < 1.29 is 9.53 Å². The predicted octanol–water partition coefficient (Wildman–Crippen LogP) is 8.35. The van der Waals surface area contributed by atoms with Gasteiger partial charge in [0.2, 0.25) is 0 Å². The number of hydrogen-bond acceptors (Lipinski definition) is 2. The molecule has 0 saturated heterocycles. The Morgan fingerprint density at radius 2 is 1.75 bits per heavy atom. The molecule has 0 aromatic heterocycles. The van der Waals surface area contributed by atoms with Gasteiger partial charge in [0.15, 0.2) is 0 Å². The Kier molecular flexibility index (Phi) is 6.92. The van der Waals surface area contributed by atoms with Crippen LogP contribution in [-0.2, 0) is 9.53 Å². The lowest BCUT2D eigenvalue weighted by Crippen LogP contribution is -2.48. The molecule has 4 rings (SSSR count). The van der Waals surface area contributed by atoms with Crippen LogP contribution in [0.25, 0.3) is 0 Å². The molecular formula is C30H50O2. The minimum Gasteiger partial charge on any atom is -0.463 e. The lowest BCUT2D eigenvalue weighted by atomic mass is 9.48. The van der Waals surface area contributed by atoms with Gasteiger partial charge in [-0.1, -0.05) is 65.5 Å². The van der Waals surface area contributed by atoms with Gasteiger partial charge in [-0.3, -0.25) is 4.79 Å². The van der Waals surface area contributed by atoms with Crippen LogP contribution in [0.5, 0.6) is 0 Å². The molecule has 3 saturated carbocycles. The Morgan fingerprint density at radius 3 is 2.44 bits per heavy atom. The second-order valence-corrected chi connectivity index (χ2v) is 13.2. The molecule has 182 valence electrons. The zero-order chi connectivity index (χ0) is 23.3. The summed E-state index contributed by atoms with van der Waals surface area (Å²) in [6, 6.07) is 0. The van der Waals surface area contributed by atoms with Gasteiger partial charge in [0, 0.05) is 6.92 Å². The van der Waals surface area contributed by atoms with Gasteiger partial charge >= 0.3 is 5.97 Å². The molecular weight excluding hydrogens is 392 g/mol. The predicted molar refractivity (Wildman–Crippen MR) is 133 cm³/mol. The van der Waals surface area contributed by atoms with Gasteiger partial charge in [0.25, 0.3) is 0 Å². The van der Waals surface area contributed by atoms with Crippen LogP contribution in [0, 0.1) is 46.3 Å². The summed E-state index contributed by atoms with van der Waals surface area (Å²) >= 11 is 0. The first-order valence-corrected chi connectivity index (χ1v) is 14.0. The number of ether oxygens (including phenoxy) is 1. The number of allylic oxidation sites excluding steroid dienone is 2. The third-order valence-electron chi connectivity index (χ3n) is 11.3. The molecule has 0 bridgehead atoms. The first kappa shape index (κ1) is 24.3. The minimum atomic E-state index is -0.0976. The highest BCUT2D eigenvalue weighted by molar-refractivity contribution is 5.66. The van der Waals surface area contributed by atoms with Crippen molar-refractivity contribution in [3.8, 4) is 0 Å². The van der Waals surface area contributed by atoms with Crippen molar-refractivity contribution in [1.82, 2.24) is 0 Å². The lowest BCUT2D eigenvalue weighted by Gasteiger charge is -2.57. The standard InChI is InChI=1S/C30H50O2/c1-19(2)20(3)8-9-21(4)26-12-13-27-25-11-10-23-18-24(32-22(5)31)14-16-29(23,6)28(25)15-17-30(26,27)7/h19-21,23-24,26,28H,8-18H2,1-7H3. The third kappa shape index (κ3) is 4.22. The summed E-state index contributed by atoms with van der Waals surface area (Å²) in [7, 11) is 0. The van der Waals surface area contributed by atoms with Crippen molar-refractivity contribution in [2.24, 2.45) is 46.3 Å². The van der Waals surface area contributed by atoms with Crippen LogP contribution in [0.3, 0.4) is 0 Å². The van der Waals surface area contributed by atoms with Crippen LogP contribution >= 0.6 is 0 Å². The summed E-state index contributed by atoms with van der Waals surface area (Å²) in [6.45, 7) is 16.6. The van der Waals surface area contributed by atoms with E-state index in [1.165, 1.54) is 57.8 Å². The average molecular weight is 443 g/mol. The molecule has 3 fully saturated rings. The molecule has 0 N–H and O–H groups in total. The second-order valence-electron chi connectivity index (χ2n) is 13.2. The van der Waals surface area contributed by atoms with Crippen molar-refractivity contribution >= 4 is 5.97 Å². The van der Waals surface area contributed by atoms with Crippen LogP contribution in [0.15, 0.2) is 11.1 Å². The fraction of sp³-hybridized carbons (Fsp3) is 0.900. The molecule has 4 aliphatic rings. The maximum absolute atomic E-state index is 11.5. The summed E-state index contributed by atoms with van der Waals surface area (Å²) in [5, 5.41) is 0. The molecule has 32 heavy (non-hydrogen) atoms. The molecule has 0 radical (unpaired) electrons. The Balaban J connectivity index is 1.50. The van der Waals surface area contributed by atoms with Crippen molar-refractivity contribution in [2.75, 3.05) is 0 Å². The number of esters is 1. The molecule has 8 unspecified atom stereocenters. The van der Waals surface area contributed by atoms with Crippen molar-refractivity contribution in [3.05, 3.63) is 11.1 Å². The summed E-state index contributed by atoms with van der Waals surface area (Å²) in [5.41, 5.74) is 4.69. The van der Waals surface area contributed by atoms with Gasteiger partial charge in [-0.05, 0) is 104 Å². The molecule has 0 amide bonds. The zero-order valence-corrected chi connectivity index (χ0v) is 22.1. The van der Waals surface area contributed by atoms with Gasteiger partial charge in [-0.15, -0.1) is 0 Å². The second kappa shape index (κ2) is 9.10.